The maximum Gasteiger partial charge on any atom is 0.249 e. The van der Waals surface area contributed by atoms with Gasteiger partial charge in [-0.25, -0.2) is 0 Å². The summed E-state index contributed by atoms with van der Waals surface area (Å²) in [7, 11) is 0. The molecule has 9 atom stereocenters. The first-order chi connectivity index (χ1) is 29.7. The van der Waals surface area contributed by atoms with Crippen LogP contribution in [0.15, 0.2) is 48.6 Å². The molecule has 0 aromatic carbocycles. The molecule has 1 heterocycles. The molecule has 1 saturated heterocycles. The van der Waals surface area contributed by atoms with Crippen LogP contribution in [0.2, 0.25) is 0 Å². The molecule has 8 N–H and O–H groups in total. The van der Waals surface area contributed by atoms with Crippen molar-refractivity contribution < 1.29 is 50.0 Å². The van der Waals surface area contributed by atoms with Crippen molar-refractivity contribution in [1.82, 2.24) is 5.32 Å². The summed E-state index contributed by atoms with van der Waals surface area (Å²) in [6.07, 6.45) is 35.8. The quantitative estimate of drug-likeness (QED) is 0.0219. The van der Waals surface area contributed by atoms with Crippen LogP contribution < -0.4 is 5.32 Å². The van der Waals surface area contributed by atoms with Crippen molar-refractivity contribution in [2.45, 2.75) is 249 Å². The van der Waals surface area contributed by atoms with Crippen molar-refractivity contribution in [1.29, 1.82) is 0 Å². The van der Waals surface area contributed by atoms with Gasteiger partial charge in [0, 0.05) is 0 Å². The molecular weight excluding hydrogens is 775 g/mol. The summed E-state index contributed by atoms with van der Waals surface area (Å²) in [5.74, 6) is -0.719. The second-order valence-electron chi connectivity index (χ2n) is 17.1. The summed E-state index contributed by atoms with van der Waals surface area (Å²) in [6.45, 7) is 3.39. The minimum atomic E-state index is -1.67. The molecule has 0 bridgehead atoms. The largest absolute Gasteiger partial charge is 0.394 e. The van der Waals surface area contributed by atoms with Gasteiger partial charge in [0.2, 0.25) is 5.91 Å². The van der Waals surface area contributed by atoms with Gasteiger partial charge >= 0.3 is 0 Å². The first-order valence-electron chi connectivity index (χ1n) is 24.5. The SMILES string of the molecule is CCCCCCC/C=C/CC/C=C/CC/C=C/CCCC(O)C(O)C(COC1OC(CO)C(O)C(O)C1O)NC(=O)C(O)CCCCCCCC/C=C\CCCCCCCC. The molecule has 0 radical (unpaired) electrons. The number of nitrogens with one attached hydrogen (secondary N) is 1. The van der Waals surface area contributed by atoms with E-state index in [-0.39, 0.29) is 12.8 Å². The number of carbonyl (C=O) groups excluding carboxylic acids is 1. The van der Waals surface area contributed by atoms with E-state index in [2.05, 4.69) is 67.8 Å². The molecule has 0 spiro atoms. The third-order valence-corrected chi connectivity index (χ3v) is 11.6. The molecule has 11 nitrogen and oxygen atoms in total. The summed E-state index contributed by atoms with van der Waals surface area (Å²) in [5.41, 5.74) is 0. The van der Waals surface area contributed by atoms with E-state index in [1.165, 1.54) is 83.5 Å². The molecule has 1 aliphatic rings. The van der Waals surface area contributed by atoms with Crippen LogP contribution in [0, 0.1) is 0 Å². The molecule has 9 unspecified atom stereocenters. The average Bonchev–Trinajstić information content (AvgIpc) is 3.26. The highest BCUT2D eigenvalue weighted by molar-refractivity contribution is 5.80. The number of carbonyl (C=O) groups is 1. The first-order valence-corrected chi connectivity index (χ1v) is 24.5. The van der Waals surface area contributed by atoms with Crippen LogP contribution in [0.1, 0.15) is 194 Å². The first kappa shape index (κ1) is 57.1. The summed E-state index contributed by atoms with van der Waals surface area (Å²) in [6, 6.07) is -1.20. The monoisotopic (exact) mass is 866 g/mol. The average molecular weight is 866 g/mol. The standard InChI is InChI=1S/C50H91NO10/c1-3-5-7-9-11-13-15-17-19-21-22-24-25-27-29-31-33-35-37-42(53)45(55)41(40-60-50-48(58)47(57)46(56)44(39-52)61-50)51-49(59)43(54)38-36-34-32-30-28-26-23-20-18-16-14-12-10-8-6-4-2/h15,17-18,20,22,24,29,31,41-48,50,52-58H,3-14,16,19,21,23,25-28,30,32-40H2,1-2H3,(H,51,59)/b17-15+,20-18-,24-22+,31-29+. The number of aliphatic hydroxyl groups is 7. The van der Waals surface area contributed by atoms with E-state index < -0.39 is 74.2 Å². The van der Waals surface area contributed by atoms with Crippen LogP contribution in [-0.2, 0) is 14.3 Å². The van der Waals surface area contributed by atoms with Crippen LogP contribution in [0.25, 0.3) is 0 Å². The van der Waals surface area contributed by atoms with Crippen molar-refractivity contribution in [2.24, 2.45) is 0 Å². The lowest BCUT2D eigenvalue weighted by Crippen LogP contribution is -2.60. The fourth-order valence-electron chi connectivity index (χ4n) is 7.47. The van der Waals surface area contributed by atoms with Crippen molar-refractivity contribution in [3.8, 4) is 0 Å². The minimum Gasteiger partial charge on any atom is -0.394 e. The lowest BCUT2D eigenvalue weighted by atomic mass is 9.98. The second kappa shape index (κ2) is 39.6. The molecule has 1 amide bonds. The molecule has 0 aromatic rings. The van der Waals surface area contributed by atoms with Crippen LogP contribution in [0.4, 0.5) is 0 Å². The van der Waals surface area contributed by atoms with Crippen LogP contribution in [0.3, 0.4) is 0 Å². The van der Waals surface area contributed by atoms with Gasteiger partial charge in [-0.15, -0.1) is 0 Å². The van der Waals surface area contributed by atoms with Gasteiger partial charge in [-0.1, -0.05) is 152 Å². The summed E-state index contributed by atoms with van der Waals surface area (Å²) < 4.78 is 11.1. The highest BCUT2D eigenvalue weighted by Crippen LogP contribution is 2.23. The van der Waals surface area contributed by atoms with E-state index >= 15 is 0 Å². The Balaban J connectivity index is 2.48. The van der Waals surface area contributed by atoms with Gasteiger partial charge in [0.05, 0.1) is 25.4 Å². The summed E-state index contributed by atoms with van der Waals surface area (Å²) >= 11 is 0. The Bertz CT molecular complexity index is 1130. The lowest BCUT2D eigenvalue weighted by Gasteiger charge is -2.40. The van der Waals surface area contributed by atoms with Crippen molar-refractivity contribution in [3.63, 3.8) is 0 Å². The van der Waals surface area contributed by atoms with Gasteiger partial charge in [-0.2, -0.15) is 0 Å². The number of hydrogen-bond acceptors (Lipinski definition) is 10. The fourth-order valence-corrected chi connectivity index (χ4v) is 7.47. The smallest absolute Gasteiger partial charge is 0.249 e. The third-order valence-electron chi connectivity index (χ3n) is 11.6. The lowest BCUT2D eigenvalue weighted by molar-refractivity contribution is -0.303. The van der Waals surface area contributed by atoms with Crippen molar-refractivity contribution in [3.05, 3.63) is 48.6 Å². The Kier molecular flexibility index (Phi) is 37.1. The molecule has 356 valence electrons. The van der Waals surface area contributed by atoms with E-state index in [1.54, 1.807) is 0 Å². The van der Waals surface area contributed by atoms with E-state index in [1.807, 2.05) is 0 Å². The van der Waals surface area contributed by atoms with Gasteiger partial charge in [-0.05, 0) is 89.9 Å². The number of amides is 1. The number of unbranched alkanes of at least 4 members (excludes halogenated alkanes) is 20. The molecule has 0 aromatic heterocycles. The van der Waals surface area contributed by atoms with Gasteiger partial charge in [0.15, 0.2) is 6.29 Å². The topological polar surface area (TPSA) is 189 Å². The molecule has 61 heavy (non-hydrogen) atoms. The summed E-state index contributed by atoms with van der Waals surface area (Å²) in [4.78, 5) is 13.1. The van der Waals surface area contributed by atoms with Gasteiger partial charge in [0.1, 0.15) is 36.6 Å². The third kappa shape index (κ3) is 29.2. The number of hydrogen-bond donors (Lipinski definition) is 8. The minimum absolute atomic E-state index is 0.238. The Morgan fingerprint density at radius 3 is 1.46 bits per heavy atom. The second-order valence-corrected chi connectivity index (χ2v) is 17.1. The normalized spacial score (nSPS) is 21.9. The van der Waals surface area contributed by atoms with Gasteiger partial charge in [-0.3, -0.25) is 4.79 Å². The molecule has 1 rings (SSSR count). The number of allylic oxidation sites excluding steroid dienone is 8. The zero-order chi connectivity index (χ0) is 44.8. The number of aliphatic hydroxyl groups excluding tert-OH is 7. The Labute approximate surface area is 370 Å². The Morgan fingerprint density at radius 1 is 0.557 bits per heavy atom. The Hall–Kier alpha value is -1.93. The fraction of sp³-hybridized carbons (Fsp3) is 0.820. The molecule has 1 fully saturated rings. The Morgan fingerprint density at radius 2 is 0.984 bits per heavy atom. The zero-order valence-electron chi connectivity index (χ0n) is 38.4. The highest BCUT2D eigenvalue weighted by Gasteiger charge is 2.44. The van der Waals surface area contributed by atoms with E-state index in [0.717, 1.165) is 64.2 Å². The maximum absolute atomic E-state index is 13.1. The zero-order valence-corrected chi connectivity index (χ0v) is 38.4. The predicted molar refractivity (Wildman–Crippen MR) is 247 cm³/mol. The maximum atomic E-state index is 13.1. The van der Waals surface area contributed by atoms with Crippen molar-refractivity contribution in [2.75, 3.05) is 13.2 Å². The van der Waals surface area contributed by atoms with Crippen LogP contribution >= 0.6 is 0 Å². The van der Waals surface area contributed by atoms with E-state index in [9.17, 15) is 40.5 Å². The van der Waals surface area contributed by atoms with E-state index in [4.69, 9.17) is 9.47 Å². The summed E-state index contributed by atoms with van der Waals surface area (Å²) in [5, 5.41) is 75.7. The molecular formula is C50H91NO10. The molecule has 0 aliphatic carbocycles. The molecule has 0 saturated carbocycles. The molecule has 1 aliphatic heterocycles. The van der Waals surface area contributed by atoms with Gasteiger partial charge in [0.25, 0.3) is 0 Å². The van der Waals surface area contributed by atoms with E-state index in [0.29, 0.717) is 19.3 Å². The van der Waals surface area contributed by atoms with Crippen molar-refractivity contribution >= 4 is 5.91 Å². The highest BCUT2D eigenvalue weighted by atomic mass is 16.7. The van der Waals surface area contributed by atoms with Gasteiger partial charge < -0.3 is 50.5 Å². The predicted octanol–water partition coefficient (Wildman–Crippen LogP) is 8.56. The van der Waals surface area contributed by atoms with Crippen LogP contribution in [-0.4, -0.2) is 110 Å². The van der Waals surface area contributed by atoms with Crippen LogP contribution in [0.5, 0.6) is 0 Å². The molecule has 11 heteroatoms. The number of ether oxygens (including phenoxy) is 2. The number of rotatable bonds is 40.